The van der Waals surface area contributed by atoms with Crippen molar-refractivity contribution in [3.8, 4) is 5.75 Å². The predicted molar refractivity (Wildman–Crippen MR) is 92.5 cm³/mol. The second-order valence-corrected chi connectivity index (χ2v) is 8.07. The van der Waals surface area contributed by atoms with E-state index in [2.05, 4.69) is 4.72 Å². The third kappa shape index (κ3) is 4.14. The molecule has 2 N–H and O–H groups in total. The summed E-state index contributed by atoms with van der Waals surface area (Å²) in [5, 5.41) is 10.5. The first-order chi connectivity index (χ1) is 11.2. The van der Waals surface area contributed by atoms with E-state index in [1.807, 2.05) is 32.0 Å². The number of carboxylic acids is 1. The van der Waals surface area contributed by atoms with E-state index in [1.165, 1.54) is 11.4 Å². The molecule has 130 valence electrons. The lowest BCUT2D eigenvalue weighted by Gasteiger charge is -2.17. The van der Waals surface area contributed by atoms with E-state index in [1.54, 1.807) is 6.92 Å². The quantitative estimate of drug-likeness (QED) is 0.783. The minimum Gasteiger partial charge on any atom is -0.491 e. The van der Waals surface area contributed by atoms with Gasteiger partial charge in [-0.1, -0.05) is 18.2 Å². The Hall–Kier alpha value is -1.90. The van der Waals surface area contributed by atoms with Crippen molar-refractivity contribution in [2.24, 2.45) is 0 Å². The topological polar surface area (TPSA) is 92.7 Å². The SMILES string of the molecule is Cc1cccc(C)c1OCC(C)NS(=O)(=O)c1ccsc1C(=O)O. The van der Waals surface area contributed by atoms with Crippen molar-refractivity contribution in [1.82, 2.24) is 4.72 Å². The highest BCUT2D eigenvalue weighted by atomic mass is 32.2. The third-order valence-electron chi connectivity index (χ3n) is 3.36. The Morgan fingerprint density at radius 1 is 1.29 bits per heavy atom. The van der Waals surface area contributed by atoms with Gasteiger partial charge in [0.1, 0.15) is 22.1 Å². The minimum absolute atomic E-state index is 0.136. The molecule has 0 saturated carbocycles. The lowest BCUT2D eigenvalue weighted by atomic mass is 10.1. The van der Waals surface area contributed by atoms with Crippen LogP contribution in [0.2, 0.25) is 0 Å². The molecule has 1 heterocycles. The maximum Gasteiger partial charge on any atom is 0.347 e. The number of benzene rings is 1. The Kier molecular flexibility index (Phi) is 5.63. The van der Waals surface area contributed by atoms with E-state index >= 15 is 0 Å². The average Bonchev–Trinajstić information content (AvgIpc) is 2.96. The fraction of sp³-hybridized carbons (Fsp3) is 0.312. The zero-order chi connectivity index (χ0) is 17.9. The lowest BCUT2D eigenvalue weighted by Crippen LogP contribution is -2.37. The molecule has 0 amide bonds. The number of ether oxygens (including phenoxy) is 1. The molecule has 1 aromatic carbocycles. The Morgan fingerprint density at radius 2 is 1.92 bits per heavy atom. The van der Waals surface area contributed by atoms with Gasteiger partial charge in [0.25, 0.3) is 0 Å². The molecule has 0 aliphatic heterocycles. The van der Waals surface area contributed by atoms with Crippen LogP contribution in [-0.2, 0) is 10.0 Å². The van der Waals surface area contributed by atoms with E-state index < -0.39 is 22.0 Å². The first kappa shape index (κ1) is 18.4. The van der Waals surface area contributed by atoms with Crippen LogP contribution in [0.4, 0.5) is 0 Å². The molecule has 0 bridgehead atoms. The number of sulfonamides is 1. The summed E-state index contributed by atoms with van der Waals surface area (Å²) in [7, 11) is -3.92. The van der Waals surface area contributed by atoms with E-state index in [0.29, 0.717) is 0 Å². The van der Waals surface area contributed by atoms with Crippen LogP contribution in [0.25, 0.3) is 0 Å². The minimum atomic E-state index is -3.92. The number of para-hydroxylation sites is 1. The first-order valence-corrected chi connectivity index (χ1v) is 9.61. The Labute approximate surface area is 145 Å². The smallest absolute Gasteiger partial charge is 0.347 e. The Morgan fingerprint density at radius 3 is 2.50 bits per heavy atom. The molecule has 1 atom stereocenters. The molecule has 2 rings (SSSR count). The van der Waals surface area contributed by atoms with E-state index in [9.17, 15) is 13.2 Å². The normalized spacial score (nSPS) is 12.8. The number of rotatable bonds is 7. The summed E-state index contributed by atoms with van der Waals surface area (Å²) in [4.78, 5) is 10.7. The zero-order valence-electron chi connectivity index (χ0n) is 13.6. The van der Waals surface area contributed by atoms with Crippen LogP contribution in [0.15, 0.2) is 34.5 Å². The average molecular weight is 369 g/mol. The number of aryl methyl sites for hydroxylation is 2. The van der Waals surface area contributed by atoms with E-state index in [0.717, 1.165) is 28.2 Å². The number of carbonyl (C=O) groups is 1. The summed E-state index contributed by atoms with van der Waals surface area (Å²) in [6, 6.07) is 6.53. The van der Waals surface area contributed by atoms with Crippen LogP contribution in [0.1, 0.15) is 27.7 Å². The van der Waals surface area contributed by atoms with Gasteiger partial charge in [-0.2, -0.15) is 0 Å². The van der Waals surface area contributed by atoms with Crippen LogP contribution in [0, 0.1) is 13.8 Å². The summed E-state index contributed by atoms with van der Waals surface area (Å²) >= 11 is 0.876. The van der Waals surface area contributed by atoms with Crippen molar-refractivity contribution in [3.63, 3.8) is 0 Å². The molecule has 24 heavy (non-hydrogen) atoms. The van der Waals surface area contributed by atoms with Crippen molar-refractivity contribution in [2.45, 2.75) is 31.7 Å². The number of carboxylic acid groups (broad SMARTS) is 1. The first-order valence-electron chi connectivity index (χ1n) is 7.24. The van der Waals surface area contributed by atoms with Gasteiger partial charge in [-0.3, -0.25) is 0 Å². The third-order valence-corrected chi connectivity index (χ3v) is 6.02. The molecule has 0 spiro atoms. The highest BCUT2D eigenvalue weighted by Gasteiger charge is 2.25. The second kappa shape index (κ2) is 7.33. The van der Waals surface area contributed by atoms with Crippen LogP contribution < -0.4 is 9.46 Å². The molecular formula is C16H19NO5S2. The van der Waals surface area contributed by atoms with Crippen molar-refractivity contribution >= 4 is 27.3 Å². The zero-order valence-corrected chi connectivity index (χ0v) is 15.2. The van der Waals surface area contributed by atoms with Gasteiger partial charge in [0.15, 0.2) is 0 Å². The summed E-state index contributed by atoms with van der Waals surface area (Å²) in [6.45, 7) is 5.64. The maximum atomic E-state index is 12.4. The molecule has 1 unspecified atom stereocenters. The molecule has 6 nitrogen and oxygen atoms in total. The summed E-state index contributed by atoms with van der Waals surface area (Å²) in [5.41, 5.74) is 1.94. The van der Waals surface area contributed by atoms with Crippen LogP contribution in [-0.4, -0.2) is 32.1 Å². The van der Waals surface area contributed by atoms with Gasteiger partial charge in [0, 0.05) is 0 Å². The predicted octanol–water partition coefficient (Wildman–Crippen LogP) is 2.81. The van der Waals surface area contributed by atoms with Gasteiger partial charge in [-0.05, 0) is 43.3 Å². The van der Waals surface area contributed by atoms with Crippen molar-refractivity contribution in [2.75, 3.05) is 6.61 Å². The van der Waals surface area contributed by atoms with E-state index in [-0.39, 0.29) is 16.4 Å². The summed E-state index contributed by atoms with van der Waals surface area (Å²) in [6.07, 6.45) is 0. The molecule has 0 fully saturated rings. The van der Waals surface area contributed by atoms with Crippen molar-refractivity contribution in [3.05, 3.63) is 45.6 Å². The maximum absolute atomic E-state index is 12.4. The van der Waals surface area contributed by atoms with Gasteiger partial charge in [-0.15, -0.1) is 11.3 Å². The molecule has 8 heteroatoms. The van der Waals surface area contributed by atoms with Crippen LogP contribution in [0.5, 0.6) is 5.75 Å². The number of nitrogens with one attached hydrogen (secondary N) is 1. The van der Waals surface area contributed by atoms with Gasteiger partial charge < -0.3 is 9.84 Å². The molecular weight excluding hydrogens is 350 g/mol. The largest absolute Gasteiger partial charge is 0.491 e. The highest BCUT2D eigenvalue weighted by Crippen LogP contribution is 2.24. The number of thiophene rings is 1. The van der Waals surface area contributed by atoms with E-state index in [4.69, 9.17) is 9.84 Å². The molecule has 0 radical (unpaired) electrons. The molecule has 0 aliphatic rings. The Balaban J connectivity index is 2.07. The van der Waals surface area contributed by atoms with Crippen LogP contribution >= 0.6 is 11.3 Å². The van der Waals surface area contributed by atoms with Crippen LogP contribution in [0.3, 0.4) is 0 Å². The molecule has 0 aliphatic carbocycles. The van der Waals surface area contributed by atoms with Gasteiger partial charge in [-0.25, -0.2) is 17.9 Å². The second-order valence-electron chi connectivity index (χ2n) is 5.47. The van der Waals surface area contributed by atoms with Crippen molar-refractivity contribution in [1.29, 1.82) is 0 Å². The molecule has 1 aromatic heterocycles. The summed E-state index contributed by atoms with van der Waals surface area (Å²) < 4.78 is 32.9. The number of hydrogen-bond acceptors (Lipinski definition) is 5. The number of aromatic carboxylic acids is 1. The highest BCUT2D eigenvalue weighted by molar-refractivity contribution is 7.89. The fourth-order valence-corrected chi connectivity index (χ4v) is 4.75. The summed E-state index contributed by atoms with van der Waals surface area (Å²) in [5.74, 6) is -0.532. The van der Waals surface area contributed by atoms with Gasteiger partial charge in [0.2, 0.25) is 10.0 Å². The Bertz CT molecular complexity index is 822. The number of hydrogen-bond donors (Lipinski definition) is 2. The van der Waals surface area contributed by atoms with Gasteiger partial charge >= 0.3 is 5.97 Å². The molecule has 2 aromatic rings. The fourth-order valence-electron chi connectivity index (χ4n) is 2.26. The monoisotopic (exact) mass is 369 g/mol. The molecule has 0 saturated heterocycles. The van der Waals surface area contributed by atoms with Gasteiger partial charge in [0.05, 0.1) is 6.04 Å². The standard InChI is InChI=1S/C16H19NO5S2/c1-10-5-4-6-11(2)14(10)22-9-12(3)17-24(20,21)13-7-8-23-15(13)16(18)19/h4-8,12,17H,9H2,1-3H3,(H,18,19). The van der Waals surface area contributed by atoms with Crippen molar-refractivity contribution < 1.29 is 23.1 Å². The lowest BCUT2D eigenvalue weighted by molar-refractivity contribution is 0.0698.